The van der Waals surface area contributed by atoms with Crippen molar-refractivity contribution in [2.75, 3.05) is 18.9 Å². The van der Waals surface area contributed by atoms with Gasteiger partial charge in [0.2, 0.25) is 5.91 Å². The number of amides is 1. The predicted octanol–water partition coefficient (Wildman–Crippen LogP) is 2.41. The molecule has 4 heteroatoms. The number of para-hydroxylation sites is 1. The zero-order valence-corrected chi connectivity index (χ0v) is 10.7. The summed E-state index contributed by atoms with van der Waals surface area (Å²) >= 11 is 0. The molecular weight excluding hydrogens is 219 g/mol. The highest BCUT2D eigenvalue weighted by molar-refractivity contribution is 5.81. The maximum Gasteiger partial charge on any atom is 0.241 e. The van der Waals surface area contributed by atoms with E-state index >= 15 is 0 Å². The highest BCUT2D eigenvalue weighted by atomic mass is 19.1. The van der Waals surface area contributed by atoms with Gasteiger partial charge >= 0.3 is 0 Å². The minimum absolute atomic E-state index is 0.0531. The lowest BCUT2D eigenvalue weighted by molar-refractivity contribution is -0.129. The van der Waals surface area contributed by atoms with Crippen molar-refractivity contribution in [2.45, 2.75) is 26.8 Å². The summed E-state index contributed by atoms with van der Waals surface area (Å²) in [6.45, 7) is 5.79. The molecule has 0 unspecified atom stereocenters. The average Bonchev–Trinajstić information content (AvgIpc) is 2.26. The van der Waals surface area contributed by atoms with E-state index in [1.165, 1.54) is 6.07 Å². The highest BCUT2D eigenvalue weighted by Gasteiger charge is 2.12. The SMILES string of the molecule is Cc1cccc(F)c1NCC(=O)N(C)C(C)C. The smallest absolute Gasteiger partial charge is 0.241 e. The molecule has 3 nitrogen and oxygen atoms in total. The Bertz CT molecular complexity index is 384. The Morgan fingerprint density at radius 3 is 2.65 bits per heavy atom. The van der Waals surface area contributed by atoms with Crippen molar-refractivity contribution in [3.8, 4) is 0 Å². The van der Waals surface area contributed by atoms with Crippen LogP contribution in [0.5, 0.6) is 0 Å². The van der Waals surface area contributed by atoms with Crippen molar-refractivity contribution >= 4 is 11.6 Å². The van der Waals surface area contributed by atoms with Gasteiger partial charge in [-0.15, -0.1) is 0 Å². The van der Waals surface area contributed by atoms with E-state index in [0.717, 1.165) is 5.56 Å². The predicted molar refractivity (Wildman–Crippen MR) is 67.5 cm³/mol. The van der Waals surface area contributed by atoms with E-state index in [9.17, 15) is 9.18 Å². The van der Waals surface area contributed by atoms with Crippen LogP contribution in [0.1, 0.15) is 19.4 Å². The summed E-state index contributed by atoms with van der Waals surface area (Å²) in [6.07, 6.45) is 0. The molecule has 0 aliphatic rings. The van der Waals surface area contributed by atoms with Crippen LogP contribution in [0, 0.1) is 12.7 Å². The van der Waals surface area contributed by atoms with Gasteiger partial charge in [0.15, 0.2) is 0 Å². The zero-order chi connectivity index (χ0) is 13.0. The standard InChI is InChI=1S/C13H19FN2O/c1-9(2)16(4)12(17)8-15-13-10(3)6-5-7-11(13)14/h5-7,9,15H,8H2,1-4H3. The zero-order valence-electron chi connectivity index (χ0n) is 10.7. The molecule has 0 atom stereocenters. The molecule has 1 aromatic carbocycles. The van der Waals surface area contributed by atoms with E-state index in [2.05, 4.69) is 5.32 Å². The number of nitrogens with zero attached hydrogens (tertiary/aromatic N) is 1. The van der Waals surface area contributed by atoms with Crippen molar-refractivity contribution < 1.29 is 9.18 Å². The molecule has 17 heavy (non-hydrogen) atoms. The Morgan fingerprint density at radius 2 is 2.12 bits per heavy atom. The van der Waals surface area contributed by atoms with E-state index in [1.54, 1.807) is 18.0 Å². The summed E-state index contributed by atoms with van der Waals surface area (Å²) in [5, 5.41) is 2.85. The molecule has 0 aromatic heterocycles. The molecule has 0 fully saturated rings. The quantitative estimate of drug-likeness (QED) is 0.873. The molecule has 0 spiro atoms. The van der Waals surface area contributed by atoms with E-state index in [0.29, 0.717) is 5.69 Å². The first kappa shape index (κ1) is 13.5. The summed E-state index contributed by atoms with van der Waals surface area (Å²) in [6, 6.07) is 4.98. The molecule has 1 aromatic rings. The van der Waals surface area contributed by atoms with Crippen LogP contribution < -0.4 is 5.32 Å². The van der Waals surface area contributed by atoms with Gasteiger partial charge in [-0.1, -0.05) is 12.1 Å². The summed E-state index contributed by atoms with van der Waals surface area (Å²) in [7, 11) is 1.74. The van der Waals surface area contributed by atoms with Gasteiger partial charge in [-0.3, -0.25) is 4.79 Å². The Labute approximate surface area is 102 Å². The molecule has 0 aliphatic carbocycles. The van der Waals surface area contributed by atoms with Crippen molar-refractivity contribution in [1.29, 1.82) is 0 Å². The maximum absolute atomic E-state index is 13.5. The third-order valence-corrected chi connectivity index (χ3v) is 2.81. The summed E-state index contributed by atoms with van der Waals surface area (Å²) in [4.78, 5) is 13.3. The number of rotatable bonds is 4. The number of likely N-dealkylation sites (N-methyl/N-ethyl adjacent to an activating group) is 1. The largest absolute Gasteiger partial charge is 0.374 e. The van der Waals surface area contributed by atoms with Gasteiger partial charge in [-0.2, -0.15) is 0 Å². The van der Waals surface area contributed by atoms with Gasteiger partial charge < -0.3 is 10.2 Å². The number of benzene rings is 1. The van der Waals surface area contributed by atoms with Crippen LogP contribution in [0.3, 0.4) is 0 Å². The first-order valence-corrected chi connectivity index (χ1v) is 5.68. The van der Waals surface area contributed by atoms with Crippen molar-refractivity contribution in [2.24, 2.45) is 0 Å². The fourth-order valence-electron chi connectivity index (χ4n) is 1.43. The Kier molecular flexibility index (Phi) is 4.49. The molecule has 0 radical (unpaired) electrons. The van der Waals surface area contributed by atoms with Gasteiger partial charge in [0.25, 0.3) is 0 Å². The van der Waals surface area contributed by atoms with Crippen molar-refractivity contribution in [3.63, 3.8) is 0 Å². The van der Waals surface area contributed by atoms with Crippen LogP contribution in [0.4, 0.5) is 10.1 Å². The minimum atomic E-state index is -0.329. The van der Waals surface area contributed by atoms with Crippen molar-refractivity contribution in [3.05, 3.63) is 29.6 Å². The second kappa shape index (κ2) is 5.66. The lowest BCUT2D eigenvalue weighted by Crippen LogP contribution is -2.37. The number of halogens is 1. The Hall–Kier alpha value is -1.58. The Morgan fingerprint density at radius 1 is 1.47 bits per heavy atom. The number of nitrogens with one attached hydrogen (secondary N) is 1. The number of carbonyl (C=O) groups is 1. The molecule has 1 N–H and O–H groups in total. The molecule has 0 heterocycles. The second-order valence-electron chi connectivity index (χ2n) is 4.38. The molecule has 94 valence electrons. The number of hydrogen-bond acceptors (Lipinski definition) is 2. The second-order valence-corrected chi connectivity index (χ2v) is 4.38. The van der Waals surface area contributed by atoms with Gasteiger partial charge in [0.1, 0.15) is 5.82 Å². The number of carbonyl (C=O) groups excluding carboxylic acids is 1. The van der Waals surface area contributed by atoms with Gasteiger partial charge in [-0.25, -0.2) is 4.39 Å². The minimum Gasteiger partial charge on any atom is -0.374 e. The molecule has 0 aliphatic heterocycles. The normalized spacial score (nSPS) is 10.5. The van der Waals surface area contributed by atoms with Crippen LogP contribution in [0.25, 0.3) is 0 Å². The molecule has 1 rings (SSSR count). The summed E-state index contributed by atoms with van der Waals surface area (Å²) in [5.41, 5.74) is 1.20. The maximum atomic E-state index is 13.5. The highest BCUT2D eigenvalue weighted by Crippen LogP contribution is 2.18. The van der Waals surface area contributed by atoms with Crippen LogP contribution in [-0.4, -0.2) is 30.4 Å². The lowest BCUT2D eigenvalue weighted by atomic mass is 10.2. The number of aryl methyl sites for hydroxylation is 1. The van der Waals surface area contributed by atoms with E-state index in [4.69, 9.17) is 0 Å². The van der Waals surface area contributed by atoms with Crippen LogP contribution in [0.2, 0.25) is 0 Å². The first-order chi connectivity index (χ1) is 7.93. The first-order valence-electron chi connectivity index (χ1n) is 5.68. The van der Waals surface area contributed by atoms with Crippen molar-refractivity contribution in [1.82, 2.24) is 4.90 Å². The third-order valence-electron chi connectivity index (χ3n) is 2.81. The van der Waals surface area contributed by atoms with Crippen LogP contribution in [-0.2, 0) is 4.79 Å². The molecule has 0 saturated carbocycles. The third kappa shape index (κ3) is 3.44. The van der Waals surface area contributed by atoms with Gasteiger partial charge in [0.05, 0.1) is 12.2 Å². The van der Waals surface area contributed by atoms with Gasteiger partial charge in [0, 0.05) is 13.1 Å². The number of hydrogen-bond donors (Lipinski definition) is 1. The number of anilines is 1. The van der Waals surface area contributed by atoms with Crippen LogP contribution >= 0.6 is 0 Å². The summed E-state index contributed by atoms with van der Waals surface area (Å²) < 4.78 is 13.5. The molecule has 0 bridgehead atoms. The van der Waals surface area contributed by atoms with Crippen LogP contribution in [0.15, 0.2) is 18.2 Å². The average molecular weight is 238 g/mol. The molecule has 1 amide bonds. The van der Waals surface area contributed by atoms with E-state index in [-0.39, 0.29) is 24.3 Å². The fourth-order valence-corrected chi connectivity index (χ4v) is 1.43. The van der Waals surface area contributed by atoms with Gasteiger partial charge in [-0.05, 0) is 32.4 Å². The Balaban J connectivity index is 2.65. The molecular formula is C13H19FN2O. The summed E-state index contributed by atoms with van der Waals surface area (Å²) in [5.74, 6) is -0.382. The topological polar surface area (TPSA) is 32.3 Å². The lowest BCUT2D eigenvalue weighted by Gasteiger charge is -2.22. The van der Waals surface area contributed by atoms with E-state index in [1.807, 2.05) is 26.8 Å². The fraction of sp³-hybridized carbons (Fsp3) is 0.462. The van der Waals surface area contributed by atoms with E-state index < -0.39 is 0 Å². The monoisotopic (exact) mass is 238 g/mol. The molecule has 0 saturated heterocycles.